The molecule has 4 aromatic rings. The Balaban J connectivity index is 1.44. The Morgan fingerprint density at radius 2 is 2.04 bits per heavy atom. The molecule has 1 amide bonds. The Morgan fingerprint density at radius 3 is 2.85 bits per heavy atom. The van der Waals surface area contributed by atoms with Crippen molar-refractivity contribution in [2.45, 2.75) is 17.7 Å². The molecule has 0 radical (unpaired) electrons. The predicted octanol–water partition coefficient (Wildman–Crippen LogP) is 5.36. The SMILES string of the molecule is CSc1cccc(NC(=O)CCc2csc3nc(-c4ccccc4)cn23)c1. The topological polar surface area (TPSA) is 46.4 Å². The van der Waals surface area contributed by atoms with Crippen LogP contribution in [0.1, 0.15) is 12.1 Å². The molecule has 6 heteroatoms. The average molecular weight is 394 g/mol. The Kier molecular flexibility index (Phi) is 5.27. The van der Waals surface area contributed by atoms with Crippen LogP contribution in [0.2, 0.25) is 0 Å². The number of aromatic nitrogens is 2. The van der Waals surface area contributed by atoms with Crippen LogP contribution in [0.3, 0.4) is 0 Å². The average Bonchev–Trinajstić information content (AvgIpc) is 3.28. The van der Waals surface area contributed by atoms with Gasteiger partial charge in [-0.15, -0.1) is 23.1 Å². The molecule has 0 spiro atoms. The normalized spacial score (nSPS) is 11.0. The van der Waals surface area contributed by atoms with Crippen LogP contribution in [0, 0.1) is 0 Å². The summed E-state index contributed by atoms with van der Waals surface area (Å²) in [5, 5.41) is 5.07. The summed E-state index contributed by atoms with van der Waals surface area (Å²) >= 11 is 3.27. The molecule has 0 aliphatic heterocycles. The van der Waals surface area contributed by atoms with Gasteiger partial charge < -0.3 is 5.32 Å². The second-order valence-corrected chi connectivity index (χ2v) is 7.87. The van der Waals surface area contributed by atoms with Gasteiger partial charge in [-0.2, -0.15) is 0 Å². The van der Waals surface area contributed by atoms with Crippen molar-refractivity contribution >= 4 is 39.7 Å². The van der Waals surface area contributed by atoms with Crippen LogP contribution >= 0.6 is 23.1 Å². The smallest absolute Gasteiger partial charge is 0.224 e. The number of hydrogen-bond donors (Lipinski definition) is 1. The molecule has 1 N–H and O–H groups in total. The highest BCUT2D eigenvalue weighted by Gasteiger charge is 2.11. The zero-order valence-electron chi connectivity index (χ0n) is 14.9. The first-order chi connectivity index (χ1) is 13.2. The molecule has 0 aliphatic rings. The maximum Gasteiger partial charge on any atom is 0.224 e. The highest BCUT2D eigenvalue weighted by atomic mass is 32.2. The molecule has 0 atom stereocenters. The third kappa shape index (κ3) is 4.07. The first-order valence-electron chi connectivity index (χ1n) is 8.68. The van der Waals surface area contributed by atoms with Crippen molar-refractivity contribution in [1.29, 1.82) is 0 Å². The first kappa shape index (κ1) is 17.8. The summed E-state index contributed by atoms with van der Waals surface area (Å²) in [6.45, 7) is 0. The minimum absolute atomic E-state index is 0.0241. The quantitative estimate of drug-likeness (QED) is 0.449. The highest BCUT2D eigenvalue weighted by Crippen LogP contribution is 2.24. The Hall–Kier alpha value is -2.57. The van der Waals surface area contributed by atoms with Crippen LogP contribution < -0.4 is 5.32 Å². The summed E-state index contributed by atoms with van der Waals surface area (Å²) in [5.74, 6) is 0.0241. The Morgan fingerprint density at radius 1 is 1.19 bits per heavy atom. The van der Waals surface area contributed by atoms with E-state index in [4.69, 9.17) is 4.98 Å². The van der Waals surface area contributed by atoms with E-state index in [1.165, 1.54) is 0 Å². The lowest BCUT2D eigenvalue weighted by Crippen LogP contribution is -2.12. The van der Waals surface area contributed by atoms with Gasteiger partial charge in [-0.1, -0.05) is 36.4 Å². The highest BCUT2D eigenvalue weighted by molar-refractivity contribution is 7.98. The lowest BCUT2D eigenvalue weighted by molar-refractivity contribution is -0.116. The van der Waals surface area contributed by atoms with Crippen LogP contribution in [0.15, 0.2) is 71.1 Å². The van der Waals surface area contributed by atoms with Crippen molar-refractivity contribution in [3.05, 3.63) is 71.9 Å². The number of imidazole rings is 1. The van der Waals surface area contributed by atoms with E-state index in [1.807, 2.05) is 48.7 Å². The van der Waals surface area contributed by atoms with Crippen LogP contribution in [0.25, 0.3) is 16.2 Å². The van der Waals surface area contributed by atoms with Gasteiger partial charge in [0.2, 0.25) is 5.91 Å². The number of benzene rings is 2. The van der Waals surface area contributed by atoms with E-state index in [2.05, 4.69) is 33.4 Å². The van der Waals surface area contributed by atoms with E-state index < -0.39 is 0 Å². The van der Waals surface area contributed by atoms with E-state index in [0.717, 1.165) is 32.5 Å². The molecule has 0 bridgehead atoms. The number of carbonyl (C=O) groups is 1. The fraction of sp³-hybridized carbons (Fsp3) is 0.143. The maximum atomic E-state index is 12.3. The molecule has 0 fully saturated rings. The number of thiazole rings is 1. The standard InChI is InChI=1S/C21H19N3OS2/c1-26-18-9-5-8-16(12-18)22-20(25)11-10-17-14-27-21-23-19(13-24(17)21)15-6-3-2-4-7-15/h2-9,12-14H,10-11H2,1H3,(H,22,25). The van der Waals surface area contributed by atoms with Gasteiger partial charge in [-0.25, -0.2) is 4.98 Å². The molecule has 2 aromatic heterocycles. The third-order valence-electron chi connectivity index (χ3n) is 4.31. The second-order valence-electron chi connectivity index (χ2n) is 6.15. The number of aryl methyl sites for hydroxylation is 1. The molecule has 0 unspecified atom stereocenters. The Bertz CT molecular complexity index is 1070. The van der Waals surface area contributed by atoms with Crippen molar-refractivity contribution in [1.82, 2.24) is 9.38 Å². The van der Waals surface area contributed by atoms with Crippen molar-refractivity contribution in [3.8, 4) is 11.3 Å². The summed E-state index contributed by atoms with van der Waals surface area (Å²) in [6, 6.07) is 18.0. The number of hydrogen-bond acceptors (Lipinski definition) is 4. The molecule has 2 aromatic carbocycles. The molecular formula is C21H19N3OS2. The minimum Gasteiger partial charge on any atom is -0.326 e. The summed E-state index contributed by atoms with van der Waals surface area (Å²) in [7, 11) is 0. The molecule has 2 heterocycles. The maximum absolute atomic E-state index is 12.3. The minimum atomic E-state index is 0.0241. The number of fused-ring (bicyclic) bond motifs is 1. The number of rotatable bonds is 6. The number of carbonyl (C=O) groups excluding carboxylic acids is 1. The number of anilines is 1. The molecule has 0 aliphatic carbocycles. The van der Waals surface area contributed by atoms with E-state index in [9.17, 15) is 4.79 Å². The van der Waals surface area contributed by atoms with Gasteiger partial charge in [0.05, 0.1) is 5.69 Å². The largest absolute Gasteiger partial charge is 0.326 e. The molecule has 27 heavy (non-hydrogen) atoms. The first-order valence-corrected chi connectivity index (χ1v) is 10.8. The van der Waals surface area contributed by atoms with Gasteiger partial charge in [-0.05, 0) is 30.9 Å². The zero-order chi connectivity index (χ0) is 18.6. The monoisotopic (exact) mass is 393 g/mol. The van der Waals surface area contributed by atoms with Crippen LogP contribution in [-0.4, -0.2) is 21.5 Å². The van der Waals surface area contributed by atoms with Crippen molar-refractivity contribution in [2.75, 3.05) is 11.6 Å². The molecule has 0 saturated heterocycles. The van der Waals surface area contributed by atoms with Gasteiger partial charge in [0.1, 0.15) is 0 Å². The molecule has 136 valence electrons. The Labute approximate surface area is 166 Å². The number of thioether (sulfide) groups is 1. The van der Waals surface area contributed by atoms with Gasteiger partial charge in [0.15, 0.2) is 4.96 Å². The van der Waals surface area contributed by atoms with Crippen LogP contribution in [0.4, 0.5) is 5.69 Å². The number of nitrogens with one attached hydrogen (secondary N) is 1. The lowest BCUT2D eigenvalue weighted by atomic mass is 10.2. The molecule has 0 saturated carbocycles. The van der Waals surface area contributed by atoms with Gasteiger partial charge in [0, 0.05) is 39.8 Å². The summed E-state index contributed by atoms with van der Waals surface area (Å²) in [4.78, 5) is 19.1. The van der Waals surface area contributed by atoms with E-state index in [1.54, 1.807) is 23.1 Å². The van der Waals surface area contributed by atoms with Crippen LogP contribution in [0.5, 0.6) is 0 Å². The van der Waals surface area contributed by atoms with Crippen LogP contribution in [-0.2, 0) is 11.2 Å². The van der Waals surface area contributed by atoms with Crippen molar-refractivity contribution in [3.63, 3.8) is 0 Å². The lowest BCUT2D eigenvalue weighted by Gasteiger charge is -2.06. The molecule has 4 rings (SSSR count). The number of nitrogens with zero attached hydrogens (tertiary/aromatic N) is 2. The second kappa shape index (κ2) is 7.98. The summed E-state index contributed by atoms with van der Waals surface area (Å²) < 4.78 is 2.09. The van der Waals surface area contributed by atoms with E-state index in [0.29, 0.717) is 12.8 Å². The predicted molar refractivity (Wildman–Crippen MR) is 114 cm³/mol. The fourth-order valence-corrected chi connectivity index (χ4v) is 4.29. The van der Waals surface area contributed by atoms with Crippen molar-refractivity contribution in [2.24, 2.45) is 0 Å². The van der Waals surface area contributed by atoms with Gasteiger partial charge in [-0.3, -0.25) is 9.20 Å². The fourth-order valence-electron chi connectivity index (χ4n) is 2.92. The molecule has 4 nitrogen and oxygen atoms in total. The van der Waals surface area contributed by atoms with E-state index in [-0.39, 0.29) is 5.91 Å². The zero-order valence-corrected chi connectivity index (χ0v) is 16.5. The summed E-state index contributed by atoms with van der Waals surface area (Å²) in [6.07, 6.45) is 5.20. The molecular weight excluding hydrogens is 374 g/mol. The number of amides is 1. The summed E-state index contributed by atoms with van der Waals surface area (Å²) in [5.41, 5.74) is 4.02. The van der Waals surface area contributed by atoms with Gasteiger partial charge in [0.25, 0.3) is 0 Å². The van der Waals surface area contributed by atoms with E-state index >= 15 is 0 Å². The van der Waals surface area contributed by atoms with Crippen molar-refractivity contribution < 1.29 is 4.79 Å². The van der Waals surface area contributed by atoms with Gasteiger partial charge >= 0.3 is 0 Å². The third-order valence-corrected chi connectivity index (χ3v) is 5.93.